The maximum atomic E-state index is 13.3. The summed E-state index contributed by atoms with van der Waals surface area (Å²) in [5.41, 5.74) is 0.803. The molecule has 1 heterocycles. The van der Waals surface area contributed by atoms with Gasteiger partial charge in [-0.25, -0.2) is 8.42 Å². The third-order valence-corrected chi connectivity index (χ3v) is 7.94. The molecule has 1 fully saturated rings. The molecule has 0 atom stereocenters. The van der Waals surface area contributed by atoms with Crippen LogP contribution in [0, 0.1) is 0 Å². The van der Waals surface area contributed by atoms with Crippen LogP contribution >= 0.6 is 0 Å². The maximum Gasteiger partial charge on any atom is 0.246 e. The number of nitrogens with zero attached hydrogens (tertiary/aromatic N) is 2. The van der Waals surface area contributed by atoms with Gasteiger partial charge in [0.1, 0.15) is 27.9 Å². The molecule has 4 rings (SSSR count). The Bertz CT molecular complexity index is 1250. The number of rotatable bonds is 7. The van der Waals surface area contributed by atoms with Gasteiger partial charge in [0.05, 0.1) is 21.3 Å². The first-order chi connectivity index (χ1) is 15.9. The van der Waals surface area contributed by atoms with Crippen LogP contribution in [-0.2, 0) is 16.6 Å². The van der Waals surface area contributed by atoms with Crippen LogP contribution in [0.3, 0.4) is 0 Å². The first-order valence-corrected chi connectivity index (χ1v) is 12.0. The highest BCUT2D eigenvalue weighted by Gasteiger charge is 2.31. The highest BCUT2D eigenvalue weighted by atomic mass is 32.2. The van der Waals surface area contributed by atoms with Crippen molar-refractivity contribution in [3.8, 4) is 23.0 Å². The Labute approximate surface area is 193 Å². The van der Waals surface area contributed by atoms with Crippen LogP contribution in [0.1, 0.15) is 5.56 Å². The average Bonchev–Trinajstić information content (AvgIpc) is 2.85. The van der Waals surface area contributed by atoms with Gasteiger partial charge in [0, 0.05) is 44.4 Å². The number of piperazine rings is 1. The number of methoxy groups -OCH3 is 3. The number of sulfonamides is 1. The Morgan fingerprint density at radius 1 is 0.848 bits per heavy atom. The summed E-state index contributed by atoms with van der Waals surface area (Å²) < 4.78 is 43.9. The maximum absolute atomic E-state index is 13.3. The van der Waals surface area contributed by atoms with Crippen LogP contribution in [0.5, 0.6) is 23.0 Å². The third-order valence-electron chi connectivity index (χ3n) is 6.02. The Morgan fingerprint density at radius 3 is 2.15 bits per heavy atom. The van der Waals surface area contributed by atoms with Gasteiger partial charge in [0.25, 0.3) is 0 Å². The van der Waals surface area contributed by atoms with E-state index in [4.69, 9.17) is 14.2 Å². The van der Waals surface area contributed by atoms with E-state index in [2.05, 4.69) is 4.90 Å². The number of ether oxygens (including phenoxy) is 3. The SMILES string of the molecule is COc1ccc(OC)c(S(=O)(=O)N2CCN(Cc3c(O)ccc4ccc(OC)cc34)CC2)c1. The van der Waals surface area contributed by atoms with Crippen LogP contribution in [0.25, 0.3) is 10.8 Å². The second-order valence-corrected chi connectivity index (χ2v) is 9.75. The average molecular weight is 473 g/mol. The lowest BCUT2D eigenvalue weighted by Crippen LogP contribution is -2.48. The van der Waals surface area contributed by atoms with Crippen molar-refractivity contribution >= 4 is 20.8 Å². The second-order valence-electron chi connectivity index (χ2n) is 7.85. The lowest BCUT2D eigenvalue weighted by atomic mass is 10.0. The summed E-state index contributed by atoms with van der Waals surface area (Å²) >= 11 is 0. The van der Waals surface area contributed by atoms with E-state index in [0.29, 0.717) is 38.5 Å². The van der Waals surface area contributed by atoms with Crippen molar-refractivity contribution in [3.05, 3.63) is 54.1 Å². The minimum atomic E-state index is -3.75. The second kappa shape index (κ2) is 9.46. The van der Waals surface area contributed by atoms with E-state index in [1.54, 1.807) is 25.3 Å². The van der Waals surface area contributed by atoms with Crippen molar-refractivity contribution in [1.29, 1.82) is 0 Å². The van der Waals surface area contributed by atoms with Gasteiger partial charge < -0.3 is 19.3 Å². The molecule has 0 aromatic heterocycles. The van der Waals surface area contributed by atoms with Gasteiger partial charge in [-0.05, 0) is 41.1 Å². The van der Waals surface area contributed by atoms with Crippen LogP contribution in [0.4, 0.5) is 0 Å². The Morgan fingerprint density at radius 2 is 1.48 bits per heavy atom. The quantitative estimate of drug-likeness (QED) is 0.565. The molecule has 8 nitrogen and oxygen atoms in total. The molecule has 0 saturated carbocycles. The van der Waals surface area contributed by atoms with Gasteiger partial charge in [-0.15, -0.1) is 0 Å². The Balaban J connectivity index is 1.53. The molecule has 176 valence electrons. The van der Waals surface area contributed by atoms with Gasteiger partial charge in [-0.3, -0.25) is 4.90 Å². The molecule has 0 amide bonds. The first kappa shape index (κ1) is 23.2. The number of hydrogen-bond acceptors (Lipinski definition) is 7. The molecule has 0 spiro atoms. The first-order valence-electron chi connectivity index (χ1n) is 10.6. The molecule has 1 saturated heterocycles. The normalized spacial score (nSPS) is 15.5. The summed E-state index contributed by atoms with van der Waals surface area (Å²) in [6.07, 6.45) is 0. The number of fused-ring (bicyclic) bond motifs is 1. The number of hydrogen-bond donors (Lipinski definition) is 1. The van der Waals surface area contributed by atoms with E-state index in [-0.39, 0.29) is 16.4 Å². The predicted octanol–water partition coefficient (Wildman–Crippen LogP) is 3.08. The van der Waals surface area contributed by atoms with Crippen molar-refractivity contribution < 1.29 is 27.7 Å². The summed E-state index contributed by atoms with van der Waals surface area (Å²) in [5.74, 6) is 1.67. The molecule has 3 aromatic carbocycles. The molecular weight excluding hydrogens is 444 g/mol. The summed E-state index contributed by atoms with van der Waals surface area (Å²) in [6.45, 7) is 2.23. The van der Waals surface area contributed by atoms with Crippen molar-refractivity contribution in [2.24, 2.45) is 0 Å². The molecule has 9 heteroatoms. The molecule has 1 aliphatic rings. The van der Waals surface area contributed by atoms with Crippen molar-refractivity contribution in [1.82, 2.24) is 9.21 Å². The number of benzene rings is 3. The van der Waals surface area contributed by atoms with Crippen LogP contribution in [0.2, 0.25) is 0 Å². The molecule has 1 N–H and O–H groups in total. The molecule has 0 aliphatic carbocycles. The smallest absolute Gasteiger partial charge is 0.246 e. The van der Waals surface area contributed by atoms with Crippen LogP contribution in [0.15, 0.2) is 53.4 Å². The van der Waals surface area contributed by atoms with E-state index in [9.17, 15) is 13.5 Å². The molecule has 1 aliphatic heterocycles. The Kier molecular flexibility index (Phi) is 6.64. The van der Waals surface area contributed by atoms with E-state index >= 15 is 0 Å². The highest BCUT2D eigenvalue weighted by Crippen LogP contribution is 2.33. The summed E-state index contributed by atoms with van der Waals surface area (Å²) in [4.78, 5) is 2.24. The number of phenols is 1. The lowest BCUT2D eigenvalue weighted by molar-refractivity contribution is 0.180. The molecule has 0 bridgehead atoms. The van der Waals surface area contributed by atoms with E-state index in [0.717, 1.165) is 22.1 Å². The van der Waals surface area contributed by atoms with E-state index < -0.39 is 10.0 Å². The Hall–Kier alpha value is -3.01. The fourth-order valence-corrected chi connectivity index (χ4v) is 5.71. The number of aromatic hydroxyl groups is 1. The van der Waals surface area contributed by atoms with Crippen molar-refractivity contribution in [2.45, 2.75) is 11.4 Å². The number of phenolic OH excluding ortho intramolecular Hbond substituents is 1. The van der Waals surface area contributed by atoms with Crippen LogP contribution < -0.4 is 14.2 Å². The zero-order valence-corrected chi connectivity index (χ0v) is 19.8. The predicted molar refractivity (Wildman–Crippen MR) is 126 cm³/mol. The summed E-state index contributed by atoms with van der Waals surface area (Å²) in [5, 5.41) is 12.5. The zero-order valence-electron chi connectivity index (χ0n) is 18.9. The molecule has 0 unspecified atom stereocenters. The fraction of sp³-hybridized carbons (Fsp3) is 0.333. The topological polar surface area (TPSA) is 88.5 Å². The van der Waals surface area contributed by atoms with Gasteiger partial charge in [0.2, 0.25) is 10.0 Å². The van der Waals surface area contributed by atoms with Crippen molar-refractivity contribution in [3.63, 3.8) is 0 Å². The standard InChI is InChI=1S/C24H28N2O6S/c1-30-18-6-4-17-5-8-22(27)21(20(17)14-18)16-25-10-12-26(13-11-25)33(28,29)24-15-19(31-2)7-9-23(24)32-3/h4-9,14-15,27H,10-13,16H2,1-3H3. The van der Waals surface area contributed by atoms with E-state index in [1.165, 1.54) is 24.6 Å². The highest BCUT2D eigenvalue weighted by molar-refractivity contribution is 7.89. The summed E-state index contributed by atoms with van der Waals surface area (Å²) in [6, 6.07) is 14.1. The molecular formula is C24H28N2O6S. The minimum Gasteiger partial charge on any atom is -0.508 e. The summed E-state index contributed by atoms with van der Waals surface area (Å²) in [7, 11) is 0.806. The van der Waals surface area contributed by atoms with E-state index in [1.807, 2.05) is 24.3 Å². The fourth-order valence-electron chi connectivity index (χ4n) is 4.12. The van der Waals surface area contributed by atoms with Crippen molar-refractivity contribution in [2.75, 3.05) is 47.5 Å². The molecule has 33 heavy (non-hydrogen) atoms. The zero-order chi connectivity index (χ0) is 23.6. The third kappa shape index (κ3) is 4.57. The van der Waals surface area contributed by atoms with Gasteiger partial charge >= 0.3 is 0 Å². The lowest BCUT2D eigenvalue weighted by Gasteiger charge is -2.34. The van der Waals surface area contributed by atoms with Gasteiger partial charge in [-0.2, -0.15) is 4.31 Å². The van der Waals surface area contributed by atoms with Crippen LogP contribution in [-0.4, -0.2) is 70.2 Å². The monoisotopic (exact) mass is 472 g/mol. The largest absolute Gasteiger partial charge is 0.508 e. The minimum absolute atomic E-state index is 0.0941. The molecule has 0 radical (unpaired) electrons. The van der Waals surface area contributed by atoms with Gasteiger partial charge in [0.15, 0.2) is 0 Å². The molecule has 3 aromatic rings. The van der Waals surface area contributed by atoms with Gasteiger partial charge in [-0.1, -0.05) is 12.1 Å².